The summed E-state index contributed by atoms with van der Waals surface area (Å²) in [7, 11) is 0. The molecule has 0 aliphatic heterocycles. The summed E-state index contributed by atoms with van der Waals surface area (Å²) in [5.41, 5.74) is -0.0634. The smallest absolute Gasteiger partial charge is 0.316 e. The lowest BCUT2D eigenvalue weighted by atomic mass is 10.5. The first-order chi connectivity index (χ1) is 7.83. The molecule has 16 heavy (non-hydrogen) atoms. The van der Waals surface area contributed by atoms with Gasteiger partial charge < -0.3 is 5.32 Å². The summed E-state index contributed by atoms with van der Waals surface area (Å²) in [6.45, 7) is 4.17. The van der Waals surface area contributed by atoms with Crippen LogP contribution in [0.3, 0.4) is 0 Å². The summed E-state index contributed by atoms with van der Waals surface area (Å²) in [5, 5.41) is 10.8. The zero-order chi connectivity index (χ0) is 11.4. The Kier molecular flexibility index (Phi) is 4.06. The van der Waals surface area contributed by atoms with Crippen LogP contribution < -0.4 is 11.0 Å². The molecule has 1 aromatic heterocycles. The van der Waals surface area contributed by atoms with Gasteiger partial charge in [0.05, 0.1) is 0 Å². The van der Waals surface area contributed by atoms with E-state index in [4.69, 9.17) is 0 Å². The Morgan fingerprint density at radius 2 is 2.38 bits per heavy atom. The molecule has 1 saturated carbocycles. The Hall–Kier alpha value is -0.750. The maximum Gasteiger partial charge on any atom is 0.344 e. The van der Waals surface area contributed by atoms with Gasteiger partial charge in [-0.25, -0.2) is 9.89 Å². The van der Waals surface area contributed by atoms with Crippen molar-refractivity contribution in [1.82, 2.24) is 20.1 Å². The standard InChI is InChI=1S/C10H18N4OS/c1-2-5-11-6-7-16-10-13-12-9(15)14(10)8-3-4-8/h8,11H,2-7H2,1H3,(H,12,15). The number of aromatic nitrogens is 3. The van der Waals surface area contributed by atoms with E-state index in [1.807, 2.05) is 0 Å². The molecule has 6 heteroatoms. The lowest BCUT2D eigenvalue weighted by molar-refractivity contribution is 0.641. The SMILES string of the molecule is CCCNCCSc1n[nH]c(=O)n1C1CC1. The highest BCUT2D eigenvalue weighted by molar-refractivity contribution is 7.99. The number of thioether (sulfide) groups is 1. The molecule has 0 atom stereocenters. The van der Waals surface area contributed by atoms with E-state index in [2.05, 4.69) is 22.4 Å². The summed E-state index contributed by atoms with van der Waals surface area (Å²) in [6.07, 6.45) is 3.38. The van der Waals surface area contributed by atoms with Gasteiger partial charge in [0.25, 0.3) is 0 Å². The molecule has 0 radical (unpaired) electrons. The third-order valence-electron chi connectivity index (χ3n) is 2.52. The van der Waals surface area contributed by atoms with Gasteiger partial charge in [0.2, 0.25) is 0 Å². The highest BCUT2D eigenvalue weighted by Crippen LogP contribution is 2.35. The van der Waals surface area contributed by atoms with Crippen LogP contribution in [-0.4, -0.2) is 33.6 Å². The highest BCUT2D eigenvalue weighted by atomic mass is 32.2. The van der Waals surface area contributed by atoms with Gasteiger partial charge in [0.15, 0.2) is 5.16 Å². The molecule has 1 heterocycles. The van der Waals surface area contributed by atoms with Gasteiger partial charge in [0.1, 0.15) is 0 Å². The van der Waals surface area contributed by atoms with Crippen LogP contribution >= 0.6 is 11.8 Å². The Morgan fingerprint density at radius 1 is 1.56 bits per heavy atom. The molecule has 0 unspecified atom stereocenters. The molecule has 90 valence electrons. The van der Waals surface area contributed by atoms with E-state index < -0.39 is 0 Å². The topological polar surface area (TPSA) is 62.7 Å². The quantitative estimate of drug-likeness (QED) is 0.553. The van der Waals surface area contributed by atoms with Crippen molar-refractivity contribution in [2.45, 2.75) is 37.4 Å². The molecule has 0 amide bonds. The van der Waals surface area contributed by atoms with Crippen molar-refractivity contribution in [1.29, 1.82) is 0 Å². The van der Waals surface area contributed by atoms with Gasteiger partial charge in [0, 0.05) is 18.3 Å². The Morgan fingerprint density at radius 3 is 3.06 bits per heavy atom. The first-order valence-electron chi connectivity index (χ1n) is 5.83. The molecule has 0 bridgehead atoms. The van der Waals surface area contributed by atoms with Gasteiger partial charge in [-0.1, -0.05) is 18.7 Å². The van der Waals surface area contributed by atoms with Gasteiger partial charge in [-0.05, 0) is 25.8 Å². The van der Waals surface area contributed by atoms with Crippen molar-refractivity contribution in [2.24, 2.45) is 0 Å². The molecular formula is C10H18N4OS. The minimum Gasteiger partial charge on any atom is -0.316 e. The maximum atomic E-state index is 11.5. The zero-order valence-electron chi connectivity index (χ0n) is 9.53. The van der Waals surface area contributed by atoms with Crippen molar-refractivity contribution >= 4 is 11.8 Å². The molecule has 1 fully saturated rings. The third kappa shape index (κ3) is 2.89. The van der Waals surface area contributed by atoms with E-state index >= 15 is 0 Å². The highest BCUT2D eigenvalue weighted by Gasteiger charge is 2.28. The summed E-state index contributed by atoms with van der Waals surface area (Å²) >= 11 is 1.64. The van der Waals surface area contributed by atoms with Crippen LogP contribution in [-0.2, 0) is 0 Å². The molecule has 1 aliphatic carbocycles. The van der Waals surface area contributed by atoms with Crippen molar-refractivity contribution in [3.05, 3.63) is 10.5 Å². The summed E-state index contributed by atoms with van der Waals surface area (Å²) in [5.74, 6) is 0.955. The van der Waals surface area contributed by atoms with Crippen molar-refractivity contribution in [3.8, 4) is 0 Å². The average Bonchev–Trinajstić information content (AvgIpc) is 3.04. The van der Waals surface area contributed by atoms with Gasteiger partial charge >= 0.3 is 5.69 Å². The number of nitrogens with one attached hydrogen (secondary N) is 2. The van der Waals surface area contributed by atoms with Crippen molar-refractivity contribution < 1.29 is 0 Å². The van der Waals surface area contributed by atoms with Crippen LogP contribution in [0.2, 0.25) is 0 Å². The normalized spacial score (nSPS) is 15.6. The van der Waals surface area contributed by atoms with E-state index in [1.165, 1.54) is 0 Å². The molecule has 1 aliphatic rings. The monoisotopic (exact) mass is 242 g/mol. The van der Waals surface area contributed by atoms with Crippen LogP contribution in [0.5, 0.6) is 0 Å². The molecular weight excluding hydrogens is 224 g/mol. The van der Waals surface area contributed by atoms with Gasteiger partial charge in [-0.15, -0.1) is 5.10 Å². The van der Waals surface area contributed by atoms with E-state index in [-0.39, 0.29) is 5.69 Å². The minimum atomic E-state index is -0.0634. The second-order valence-corrected chi connectivity index (χ2v) is 5.07. The van der Waals surface area contributed by atoms with Crippen LogP contribution in [0.4, 0.5) is 0 Å². The van der Waals surface area contributed by atoms with Crippen LogP contribution in [0.15, 0.2) is 9.95 Å². The Balaban J connectivity index is 1.82. The summed E-state index contributed by atoms with van der Waals surface area (Å²) in [6, 6.07) is 0.400. The van der Waals surface area contributed by atoms with Crippen LogP contribution in [0.1, 0.15) is 32.2 Å². The number of rotatable bonds is 7. The fourth-order valence-electron chi connectivity index (χ4n) is 1.56. The second-order valence-electron chi connectivity index (χ2n) is 4.01. The van der Waals surface area contributed by atoms with Crippen molar-refractivity contribution in [3.63, 3.8) is 0 Å². The number of hydrogen-bond acceptors (Lipinski definition) is 4. The van der Waals surface area contributed by atoms with Crippen LogP contribution in [0.25, 0.3) is 0 Å². The minimum absolute atomic E-state index is 0.0634. The number of aromatic amines is 1. The van der Waals surface area contributed by atoms with Gasteiger partial charge in [-0.3, -0.25) is 4.57 Å². The molecule has 5 nitrogen and oxygen atoms in total. The Labute approximate surface area is 99.0 Å². The lowest BCUT2D eigenvalue weighted by Crippen LogP contribution is -2.19. The molecule has 0 saturated heterocycles. The molecule has 0 aromatic carbocycles. The van der Waals surface area contributed by atoms with E-state index in [9.17, 15) is 4.79 Å². The van der Waals surface area contributed by atoms with Gasteiger partial charge in [-0.2, -0.15) is 0 Å². The molecule has 0 spiro atoms. The number of hydrogen-bond donors (Lipinski definition) is 2. The van der Waals surface area contributed by atoms with E-state index in [0.29, 0.717) is 6.04 Å². The predicted molar refractivity (Wildman–Crippen MR) is 65.0 cm³/mol. The molecule has 2 N–H and O–H groups in total. The largest absolute Gasteiger partial charge is 0.344 e. The predicted octanol–water partition coefficient (Wildman–Crippen LogP) is 0.998. The zero-order valence-corrected chi connectivity index (χ0v) is 10.3. The molecule has 1 aromatic rings. The third-order valence-corrected chi connectivity index (χ3v) is 3.48. The van der Waals surface area contributed by atoms with E-state index in [0.717, 1.165) is 43.3 Å². The van der Waals surface area contributed by atoms with Crippen molar-refractivity contribution in [2.75, 3.05) is 18.8 Å². The maximum absolute atomic E-state index is 11.5. The summed E-state index contributed by atoms with van der Waals surface area (Å²) < 4.78 is 1.80. The first kappa shape index (κ1) is 11.7. The van der Waals surface area contributed by atoms with Crippen LogP contribution in [0, 0.1) is 0 Å². The Bertz CT molecular complexity index is 382. The average molecular weight is 242 g/mol. The number of nitrogens with zero attached hydrogens (tertiary/aromatic N) is 2. The summed E-state index contributed by atoms with van der Waals surface area (Å²) in [4.78, 5) is 11.5. The molecule has 2 rings (SSSR count). The fraction of sp³-hybridized carbons (Fsp3) is 0.800. The first-order valence-corrected chi connectivity index (χ1v) is 6.82. The number of H-pyrrole nitrogens is 1. The fourth-order valence-corrected chi connectivity index (χ4v) is 2.47. The lowest BCUT2D eigenvalue weighted by Gasteiger charge is -2.04. The van der Waals surface area contributed by atoms with E-state index in [1.54, 1.807) is 16.3 Å². The second kappa shape index (κ2) is 5.54.